The van der Waals surface area contributed by atoms with Gasteiger partial charge < -0.3 is 5.32 Å². The minimum Gasteiger partial charge on any atom is -0.319 e. The molecule has 0 aromatic heterocycles. The minimum atomic E-state index is -3.31. The topological polar surface area (TPSA) is 49.4 Å². The van der Waals surface area contributed by atoms with E-state index >= 15 is 0 Å². The van der Waals surface area contributed by atoms with Crippen molar-refractivity contribution in [1.82, 2.24) is 9.62 Å². The first-order valence-electron chi connectivity index (χ1n) is 6.74. The zero-order chi connectivity index (χ0) is 13.9. The highest BCUT2D eigenvalue weighted by molar-refractivity contribution is 7.89. The van der Waals surface area contributed by atoms with Crippen molar-refractivity contribution in [1.29, 1.82) is 0 Å². The summed E-state index contributed by atoms with van der Waals surface area (Å²) in [5.74, 6) is 0.565. The fraction of sp³-hybridized carbons (Fsp3) is 0.571. The summed E-state index contributed by atoms with van der Waals surface area (Å²) in [5, 5.41) is 3.08. The highest BCUT2D eigenvalue weighted by Crippen LogP contribution is 2.30. The number of benzene rings is 1. The summed E-state index contributed by atoms with van der Waals surface area (Å²) in [7, 11) is 0.264. The Morgan fingerprint density at radius 1 is 1.26 bits per heavy atom. The molecule has 19 heavy (non-hydrogen) atoms. The maximum Gasteiger partial charge on any atom is 0.242 e. The number of hydrogen-bond acceptors (Lipinski definition) is 3. The second-order valence-electron chi connectivity index (χ2n) is 5.23. The van der Waals surface area contributed by atoms with Gasteiger partial charge in [-0.25, -0.2) is 12.7 Å². The van der Waals surface area contributed by atoms with Crippen LogP contribution in [0.15, 0.2) is 29.2 Å². The average Bonchev–Trinajstić information content (AvgIpc) is 3.20. The number of rotatable bonds is 7. The van der Waals surface area contributed by atoms with Crippen LogP contribution in [0.1, 0.15) is 18.4 Å². The molecule has 4 nitrogen and oxygen atoms in total. The number of likely N-dealkylation sites (N-methyl/N-ethyl adjacent to an activating group) is 1. The summed E-state index contributed by atoms with van der Waals surface area (Å²) in [4.78, 5) is 0.392. The first kappa shape index (κ1) is 14.5. The van der Waals surface area contributed by atoms with Crippen LogP contribution in [0, 0.1) is 5.92 Å². The monoisotopic (exact) mass is 282 g/mol. The summed E-state index contributed by atoms with van der Waals surface area (Å²) >= 11 is 0. The summed E-state index contributed by atoms with van der Waals surface area (Å²) in [5.41, 5.74) is 1.15. The van der Waals surface area contributed by atoms with Gasteiger partial charge in [0.25, 0.3) is 0 Å². The highest BCUT2D eigenvalue weighted by atomic mass is 32.2. The molecule has 0 aliphatic heterocycles. The van der Waals surface area contributed by atoms with Crippen LogP contribution >= 0.6 is 0 Å². The van der Waals surface area contributed by atoms with Crippen LogP contribution < -0.4 is 5.32 Å². The van der Waals surface area contributed by atoms with E-state index in [1.165, 1.54) is 4.31 Å². The molecule has 0 bridgehead atoms. The van der Waals surface area contributed by atoms with E-state index in [4.69, 9.17) is 0 Å². The van der Waals surface area contributed by atoms with Gasteiger partial charge in [0.2, 0.25) is 10.0 Å². The van der Waals surface area contributed by atoms with Crippen LogP contribution in [0.5, 0.6) is 0 Å². The van der Waals surface area contributed by atoms with Gasteiger partial charge in [0.05, 0.1) is 4.90 Å². The van der Waals surface area contributed by atoms with E-state index < -0.39 is 10.0 Å². The molecule has 1 aromatic carbocycles. The van der Waals surface area contributed by atoms with E-state index in [1.54, 1.807) is 19.2 Å². The molecule has 106 valence electrons. The van der Waals surface area contributed by atoms with Gasteiger partial charge in [0, 0.05) is 13.6 Å². The molecule has 0 saturated heterocycles. The molecular weight excluding hydrogens is 260 g/mol. The Bertz CT molecular complexity index is 507. The number of nitrogens with zero attached hydrogens (tertiary/aromatic N) is 1. The molecule has 1 aliphatic carbocycles. The Morgan fingerprint density at radius 3 is 2.42 bits per heavy atom. The normalized spacial score (nSPS) is 15.9. The smallest absolute Gasteiger partial charge is 0.242 e. The van der Waals surface area contributed by atoms with E-state index in [0.29, 0.717) is 17.4 Å². The molecule has 0 spiro atoms. The molecule has 1 fully saturated rings. The van der Waals surface area contributed by atoms with Crippen LogP contribution in [-0.2, 0) is 16.4 Å². The molecule has 0 amide bonds. The Morgan fingerprint density at radius 2 is 1.89 bits per heavy atom. The van der Waals surface area contributed by atoms with E-state index in [1.807, 2.05) is 19.2 Å². The Labute approximate surface area is 115 Å². The van der Waals surface area contributed by atoms with Gasteiger partial charge in [-0.05, 0) is 56.5 Å². The third kappa shape index (κ3) is 3.78. The lowest BCUT2D eigenvalue weighted by Crippen LogP contribution is -2.28. The molecule has 0 heterocycles. The van der Waals surface area contributed by atoms with Crippen molar-refractivity contribution in [3.05, 3.63) is 29.8 Å². The van der Waals surface area contributed by atoms with Crippen LogP contribution in [0.4, 0.5) is 0 Å². The highest BCUT2D eigenvalue weighted by Gasteiger charge is 2.28. The lowest BCUT2D eigenvalue weighted by Gasteiger charge is -2.17. The molecule has 1 saturated carbocycles. The predicted molar refractivity (Wildman–Crippen MR) is 76.6 cm³/mol. The molecule has 0 unspecified atom stereocenters. The largest absolute Gasteiger partial charge is 0.319 e. The third-order valence-corrected chi connectivity index (χ3v) is 5.35. The predicted octanol–water partition coefficient (Wildman–Crippen LogP) is 1.48. The second kappa shape index (κ2) is 6.03. The van der Waals surface area contributed by atoms with Crippen molar-refractivity contribution in [3.8, 4) is 0 Å². The Hall–Kier alpha value is -0.910. The SMILES string of the molecule is CNCCc1ccc(S(=O)(=O)N(C)CC2CC2)cc1. The molecular formula is C14H22N2O2S. The standard InChI is InChI=1S/C14H22N2O2S/c1-15-10-9-12-5-7-14(8-6-12)19(17,18)16(2)11-13-3-4-13/h5-8,13,15H,3-4,9-11H2,1-2H3. The molecule has 1 aliphatic rings. The van der Waals surface area contributed by atoms with Crippen molar-refractivity contribution in [2.24, 2.45) is 5.92 Å². The van der Waals surface area contributed by atoms with Crippen molar-refractivity contribution in [2.75, 3.05) is 27.2 Å². The van der Waals surface area contributed by atoms with Gasteiger partial charge in [0.15, 0.2) is 0 Å². The molecule has 0 atom stereocenters. The van der Waals surface area contributed by atoms with Gasteiger partial charge in [-0.2, -0.15) is 0 Å². The van der Waals surface area contributed by atoms with E-state index in [9.17, 15) is 8.42 Å². The second-order valence-corrected chi connectivity index (χ2v) is 7.27. The number of nitrogens with one attached hydrogen (secondary N) is 1. The van der Waals surface area contributed by atoms with Crippen molar-refractivity contribution in [2.45, 2.75) is 24.2 Å². The van der Waals surface area contributed by atoms with Crippen molar-refractivity contribution < 1.29 is 8.42 Å². The lowest BCUT2D eigenvalue weighted by atomic mass is 10.1. The summed E-state index contributed by atoms with van der Waals surface area (Å²) in [6, 6.07) is 7.22. The molecule has 0 radical (unpaired) electrons. The van der Waals surface area contributed by atoms with Crippen LogP contribution in [-0.4, -0.2) is 39.9 Å². The first-order chi connectivity index (χ1) is 9.04. The van der Waals surface area contributed by atoms with Crippen LogP contribution in [0.25, 0.3) is 0 Å². The maximum atomic E-state index is 12.3. The van der Waals surface area contributed by atoms with Crippen molar-refractivity contribution >= 4 is 10.0 Å². The number of sulfonamides is 1. The van der Waals surface area contributed by atoms with E-state index in [-0.39, 0.29) is 0 Å². The fourth-order valence-electron chi connectivity index (χ4n) is 2.04. The van der Waals surface area contributed by atoms with Gasteiger partial charge in [-0.3, -0.25) is 0 Å². The molecule has 5 heteroatoms. The fourth-order valence-corrected chi connectivity index (χ4v) is 3.29. The lowest BCUT2D eigenvalue weighted by molar-refractivity contribution is 0.453. The van der Waals surface area contributed by atoms with E-state index in [2.05, 4.69) is 5.32 Å². The quantitative estimate of drug-likeness (QED) is 0.824. The first-order valence-corrected chi connectivity index (χ1v) is 8.18. The Kier molecular flexibility index (Phi) is 4.60. The van der Waals surface area contributed by atoms with Crippen molar-refractivity contribution in [3.63, 3.8) is 0 Å². The van der Waals surface area contributed by atoms with Gasteiger partial charge in [-0.15, -0.1) is 0 Å². The molecule has 1 N–H and O–H groups in total. The Balaban J connectivity index is 2.06. The zero-order valence-electron chi connectivity index (χ0n) is 11.6. The van der Waals surface area contributed by atoms with E-state index in [0.717, 1.165) is 31.4 Å². The maximum absolute atomic E-state index is 12.3. The number of hydrogen-bond donors (Lipinski definition) is 1. The summed E-state index contributed by atoms with van der Waals surface area (Å²) in [6.07, 6.45) is 3.22. The zero-order valence-corrected chi connectivity index (χ0v) is 12.4. The van der Waals surface area contributed by atoms with Crippen LogP contribution in [0.3, 0.4) is 0 Å². The summed E-state index contributed by atoms with van der Waals surface area (Å²) < 4.78 is 26.1. The average molecular weight is 282 g/mol. The molecule has 1 aromatic rings. The van der Waals surface area contributed by atoms with Crippen LogP contribution in [0.2, 0.25) is 0 Å². The third-order valence-electron chi connectivity index (χ3n) is 3.51. The van der Waals surface area contributed by atoms with Gasteiger partial charge >= 0.3 is 0 Å². The summed E-state index contributed by atoms with van der Waals surface area (Å²) in [6.45, 7) is 1.54. The van der Waals surface area contributed by atoms with Gasteiger partial charge in [-0.1, -0.05) is 12.1 Å². The molecule has 2 rings (SSSR count). The van der Waals surface area contributed by atoms with Gasteiger partial charge in [0.1, 0.15) is 0 Å². The minimum absolute atomic E-state index is 0.392.